The van der Waals surface area contributed by atoms with E-state index < -0.39 is 0 Å². The van der Waals surface area contributed by atoms with Crippen molar-refractivity contribution in [1.82, 2.24) is 4.90 Å². The average molecular weight is 224 g/mol. The van der Waals surface area contributed by atoms with E-state index in [0.717, 1.165) is 12.5 Å². The molecule has 1 saturated carbocycles. The van der Waals surface area contributed by atoms with Crippen LogP contribution in [0.5, 0.6) is 0 Å². The number of likely N-dealkylation sites (tertiary alicyclic amines) is 1. The molecule has 0 aromatic rings. The summed E-state index contributed by atoms with van der Waals surface area (Å²) in [6.45, 7) is 10.4. The Bertz CT molecular complexity index is 245. The van der Waals surface area contributed by atoms with Crippen LogP contribution in [0.2, 0.25) is 0 Å². The van der Waals surface area contributed by atoms with Crippen LogP contribution in [0.1, 0.15) is 52.9 Å². The molecule has 94 valence electrons. The summed E-state index contributed by atoms with van der Waals surface area (Å²) in [4.78, 5) is 2.66. The first-order valence-corrected chi connectivity index (χ1v) is 6.90. The Morgan fingerprint density at radius 2 is 2.06 bits per heavy atom. The standard InChI is InChI=1S/C14H28N2/c1-13(2)7-8-16(11-13)14(3,10-15)9-12-5-4-6-12/h12H,4-11,15H2,1-3H3. The molecule has 2 fully saturated rings. The monoisotopic (exact) mass is 224 g/mol. The highest BCUT2D eigenvalue weighted by molar-refractivity contribution is 4.96. The quantitative estimate of drug-likeness (QED) is 0.795. The van der Waals surface area contributed by atoms with Gasteiger partial charge in [0.1, 0.15) is 0 Å². The zero-order chi connectivity index (χ0) is 11.8. The van der Waals surface area contributed by atoms with Gasteiger partial charge < -0.3 is 5.73 Å². The highest BCUT2D eigenvalue weighted by atomic mass is 15.2. The Balaban J connectivity index is 1.97. The van der Waals surface area contributed by atoms with E-state index in [4.69, 9.17) is 5.73 Å². The van der Waals surface area contributed by atoms with E-state index in [0.29, 0.717) is 5.41 Å². The van der Waals surface area contributed by atoms with Gasteiger partial charge in [0.05, 0.1) is 0 Å². The van der Waals surface area contributed by atoms with E-state index in [1.165, 1.54) is 45.2 Å². The Hall–Kier alpha value is -0.0800. The fraction of sp³-hybridized carbons (Fsp3) is 1.00. The SMILES string of the molecule is CC1(C)CCN(C(C)(CN)CC2CCC2)C1. The molecule has 1 aliphatic carbocycles. The molecule has 2 N–H and O–H groups in total. The van der Waals surface area contributed by atoms with Crippen molar-refractivity contribution in [3.8, 4) is 0 Å². The van der Waals surface area contributed by atoms with Crippen LogP contribution in [0, 0.1) is 11.3 Å². The van der Waals surface area contributed by atoms with Crippen molar-refractivity contribution in [3.63, 3.8) is 0 Å². The first-order chi connectivity index (χ1) is 7.45. The second-order valence-electron chi connectivity index (χ2n) is 7.04. The smallest absolute Gasteiger partial charge is 0.0306 e. The second-order valence-corrected chi connectivity index (χ2v) is 7.04. The fourth-order valence-corrected chi connectivity index (χ4v) is 3.23. The van der Waals surface area contributed by atoms with Crippen LogP contribution in [-0.2, 0) is 0 Å². The minimum atomic E-state index is 0.263. The van der Waals surface area contributed by atoms with Gasteiger partial charge in [-0.25, -0.2) is 0 Å². The fourth-order valence-electron chi connectivity index (χ4n) is 3.23. The highest BCUT2D eigenvalue weighted by Gasteiger charge is 2.41. The van der Waals surface area contributed by atoms with Crippen molar-refractivity contribution < 1.29 is 0 Å². The molecule has 16 heavy (non-hydrogen) atoms. The molecular formula is C14H28N2. The lowest BCUT2D eigenvalue weighted by Gasteiger charge is -2.43. The van der Waals surface area contributed by atoms with E-state index in [9.17, 15) is 0 Å². The van der Waals surface area contributed by atoms with E-state index in [1.807, 2.05) is 0 Å². The first kappa shape index (κ1) is 12.4. The summed E-state index contributed by atoms with van der Waals surface area (Å²) in [5.41, 5.74) is 6.82. The third-order valence-corrected chi connectivity index (χ3v) is 4.83. The van der Waals surface area contributed by atoms with Crippen LogP contribution in [0.15, 0.2) is 0 Å². The van der Waals surface area contributed by atoms with Gasteiger partial charge in [-0.2, -0.15) is 0 Å². The van der Waals surface area contributed by atoms with Gasteiger partial charge in [0.2, 0.25) is 0 Å². The molecule has 1 heterocycles. The third-order valence-electron chi connectivity index (χ3n) is 4.83. The molecule has 1 unspecified atom stereocenters. The Morgan fingerprint density at radius 1 is 1.38 bits per heavy atom. The summed E-state index contributed by atoms with van der Waals surface area (Å²) in [5, 5.41) is 0. The number of nitrogens with two attached hydrogens (primary N) is 1. The van der Waals surface area contributed by atoms with Crippen LogP contribution in [0.4, 0.5) is 0 Å². The van der Waals surface area contributed by atoms with Crippen LogP contribution < -0.4 is 5.73 Å². The van der Waals surface area contributed by atoms with E-state index in [2.05, 4.69) is 25.7 Å². The molecule has 2 heteroatoms. The third kappa shape index (κ3) is 2.43. The van der Waals surface area contributed by atoms with Gasteiger partial charge in [0.25, 0.3) is 0 Å². The number of nitrogens with zero attached hydrogens (tertiary/aromatic N) is 1. The predicted molar refractivity (Wildman–Crippen MR) is 69.4 cm³/mol. The van der Waals surface area contributed by atoms with Crippen molar-refractivity contribution in [2.24, 2.45) is 17.1 Å². The Morgan fingerprint density at radius 3 is 2.44 bits per heavy atom. The minimum absolute atomic E-state index is 0.263. The van der Waals surface area contributed by atoms with Gasteiger partial charge in [-0.15, -0.1) is 0 Å². The van der Waals surface area contributed by atoms with Crippen molar-refractivity contribution >= 4 is 0 Å². The molecular weight excluding hydrogens is 196 g/mol. The number of hydrogen-bond donors (Lipinski definition) is 1. The lowest BCUT2D eigenvalue weighted by Crippen LogP contribution is -2.52. The Kier molecular flexibility index (Phi) is 3.33. The van der Waals surface area contributed by atoms with E-state index in [-0.39, 0.29) is 5.54 Å². The van der Waals surface area contributed by atoms with Crippen molar-refractivity contribution in [2.45, 2.75) is 58.4 Å². The predicted octanol–water partition coefficient (Wildman–Crippen LogP) is 2.63. The van der Waals surface area contributed by atoms with Gasteiger partial charge >= 0.3 is 0 Å². The molecule has 0 bridgehead atoms. The summed E-state index contributed by atoms with van der Waals surface area (Å²) in [7, 11) is 0. The van der Waals surface area contributed by atoms with Crippen LogP contribution in [0.3, 0.4) is 0 Å². The molecule has 0 radical (unpaired) electrons. The summed E-state index contributed by atoms with van der Waals surface area (Å²) in [5.74, 6) is 0.956. The number of rotatable bonds is 4. The maximum atomic E-state index is 6.06. The van der Waals surface area contributed by atoms with E-state index >= 15 is 0 Å². The van der Waals surface area contributed by atoms with Gasteiger partial charge in [-0.05, 0) is 37.6 Å². The van der Waals surface area contributed by atoms with Crippen LogP contribution in [0.25, 0.3) is 0 Å². The molecule has 0 amide bonds. The molecule has 2 aliphatic rings. The highest BCUT2D eigenvalue weighted by Crippen LogP contribution is 2.39. The van der Waals surface area contributed by atoms with Gasteiger partial charge in [-0.3, -0.25) is 4.90 Å². The van der Waals surface area contributed by atoms with E-state index in [1.54, 1.807) is 0 Å². The zero-order valence-electron chi connectivity index (χ0n) is 11.3. The van der Waals surface area contributed by atoms with Crippen LogP contribution >= 0.6 is 0 Å². The summed E-state index contributed by atoms with van der Waals surface area (Å²) >= 11 is 0. The normalized spacial score (nSPS) is 30.0. The molecule has 0 aromatic carbocycles. The Labute approximate surface area is 101 Å². The maximum Gasteiger partial charge on any atom is 0.0306 e. The molecule has 0 spiro atoms. The molecule has 2 nitrogen and oxygen atoms in total. The largest absolute Gasteiger partial charge is 0.329 e. The summed E-state index contributed by atoms with van der Waals surface area (Å²) in [6, 6.07) is 0. The van der Waals surface area contributed by atoms with Crippen LogP contribution in [-0.4, -0.2) is 30.1 Å². The molecule has 1 saturated heterocycles. The summed E-state index contributed by atoms with van der Waals surface area (Å²) in [6.07, 6.45) is 6.96. The van der Waals surface area contributed by atoms with Gasteiger partial charge in [0.15, 0.2) is 0 Å². The maximum absolute atomic E-state index is 6.06. The minimum Gasteiger partial charge on any atom is -0.329 e. The van der Waals surface area contributed by atoms with Gasteiger partial charge in [0, 0.05) is 18.6 Å². The lowest BCUT2D eigenvalue weighted by atomic mass is 9.76. The zero-order valence-corrected chi connectivity index (χ0v) is 11.3. The topological polar surface area (TPSA) is 29.3 Å². The average Bonchev–Trinajstić information content (AvgIpc) is 2.53. The lowest BCUT2D eigenvalue weighted by molar-refractivity contribution is 0.0813. The van der Waals surface area contributed by atoms with Gasteiger partial charge in [-0.1, -0.05) is 33.1 Å². The van der Waals surface area contributed by atoms with Crippen molar-refractivity contribution in [3.05, 3.63) is 0 Å². The molecule has 1 aliphatic heterocycles. The molecule has 0 aromatic heterocycles. The number of hydrogen-bond acceptors (Lipinski definition) is 2. The summed E-state index contributed by atoms with van der Waals surface area (Å²) < 4.78 is 0. The van der Waals surface area contributed by atoms with Crippen molar-refractivity contribution in [1.29, 1.82) is 0 Å². The molecule has 2 rings (SSSR count). The molecule has 1 atom stereocenters. The second kappa shape index (κ2) is 4.30. The first-order valence-electron chi connectivity index (χ1n) is 6.90. The van der Waals surface area contributed by atoms with Crippen molar-refractivity contribution in [2.75, 3.05) is 19.6 Å².